The van der Waals surface area contributed by atoms with Gasteiger partial charge in [-0.3, -0.25) is 4.79 Å². The van der Waals surface area contributed by atoms with Crippen molar-refractivity contribution in [3.8, 4) is 0 Å². The van der Waals surface area contributed by atoms with Crippen molar-refractivity contribution in [1.29, 1.82) is 0 Å². The van der Waals surface area contributed by atoms with Gasteiger partial charge in [-0.2, -0.15) is 17.5 Å². The zero-order valence-electron chi connectivity index (χ0n) is 17.8. The number of benzene rings is 2. The molecule has 1 saturated heterocycles. The number of nitrogens with zero attached hydrogens (tertiary/aromatic N) is 2. The Balaban J connectivity index is 1.46. The molecular formula is C23H24F4N2O3S. The third-order valence-electron chi connectivity index (χ3n) is 6.18. The molecule has 1 heterocycles. The smallest absolute Gasteiger partial charge is 0.335 e. The summed E-state index contributed by atoms with van der Waals surface area (Å²) in [6.07, 6.45) is -2.72. The van der Waals surface area contributed by atoms with Crippen LogP contribution in [0, 0.1) is 11.7 Å². The van der Waals surface area contributed by atoms with Crippen LogP contribution in [0.1, 0.15) is 36.8 Å². The third kappa shape index (κ3) is 5.06. The van der Waals surface area contributed by atoms with Crippen molar-refractivity contribution >= 4 is 15.9 Å². The van der Waals surface area contributed by atoms with Crippen LogP contribution in [0.25, 0.3) is 0 Å². The molecule has 4 rings (SSSR count). The molecule has 0 aromatic heterocycles. The first-order valence-corrected chi connectivity index (χ1v) is 12.2. The summed E-state index contributed by atoms with van der Waals surface area (Å²) >= 11 is 0. The summed E-state index contributed by atoms with van der Waals surface area (Å²) in [4.78, 5) is 14.1. The molecule has 5 nitrogen and oxygen atoms in total. The Kier molecular flexibility index (Phi) is 6.50. The van der Waals surface area contributed by atoms with Gasteiger partial charge in [0.15, 0.2) is 0 Å². The van der Waals surface area contributed by atoms with Crippen LogP contribution in [0.4, 0.5) is 17.6 Å². The Morgan fingerprint density at radius 2 is 1.58 bits per heavy atom. The molecule has 10 heteroatoms. The lowest BCUT2D eigenvalue weighted by Gasteiger charge is -2.34. The normalized spacial score (nSPS) is 18.3. The average molecular weight is 485 g/mol. The third-order valence-corrected chi connectivity index (χ3v) is 8.14. The highest BCUT2D eigenvalue weighted by atomic mass is 32.2. The maximum absolute atomic E-state index is 14.1. The first-order chi connectivity index (χ1) is 15.6. The number of piperidine rings is 1. The second-order valence-corrected chi connectivity index (χ2v) is 10.4. The maximum atomic E-state index is 14.1. The highest BCUT2D eigenvalue weighted by Crippen LogP contribution is 2.37. The van der Waals surface area contributed by atoms with Gasteiger partial charge in [0.25, 0.3) is 0 Å². The van der Waals surface area contributed by atoms with Gasteiger partial charge in [0.05, 0.1) is 10.5 Å². The lowest BCUT2D eigenvalue weighted by Crippen LogP contribution is -2.45. The molecule has 1 saturated carbocycles. The van der Waals surface area contributed by atoms with Gasteiger partial charge in [0.2, 0.25) is 15.9 Å². The van der Waals surface area contributed by atoms with E-state index in [0.717, 1.165) is 35.3 Å². The first-order valence-electron chi connectivity index (χ1n) is 10.8. The quantitative estimate of drug-likeness (QED) is 0.570. The fraction of sp³-hybridized carbons (Fsp3) is 0.435. The Hall–Kier alpha value is -2.46. The molecule has 33 heavy (non-hydrogen) atoms. The van der Waals surface area contributed by atoms with Crippen LogP contribution >= 0.6 is 0 Å². The number of rotatable bonds is 6. The summed E-state index contributed by atoms with van der Waals surface area (Å²) in [6, 6.07) is 10.4. The highest BCUT2D eigenvalue weighted by Gasteiger charge is 2.42. The van der Waals surface area contributed by atoms with Gasteiger partial charge in [-0.1, -0.05) is 30.3 Å². The molecule has 2 aromatic carbocycles. The highest BCUT2D eigenvalue weighted by molar-refractivity contribution is 7.89. The van der Waals surface area contributed by atoms with Crippen LogP contribution in [-0.4, -0.2) is 42.7 Å². The Bertz CT molecular complexity index is 1120. The minimum absolute atomic E-state index is 0.0394. The van der Waals surface area contributed by atoms with E-state index in [2.05, 4.69) is 0 Å². The fourth-order valence-electron chi connectivity index (χ4n) is 4.23. The van der Waals surface area contributed by atoms with Crippen LogP contribution in [0.3, 0.4) is 0 Å². The van der Waals surface area contributed by atoms with Crippen LogP contribution in [-0.2, 0) is 27.5 Å². The minimum Gasteiger partial charge on any atom is -0.335 e. The number of amides is 1. The summed E-state index contributed by atoms with van der Waals surface area (Å²) in [7, 11) is -4.36. The number of hydrogen-bond donors (Lipinski definition) is 0. The van der Waals surface area contributed by atoms with Crippen molar-refractivity contribution in [2.24, 2.45) is 5.92 Å². The standard InChI is InChI=1S/C23H24F4N2O3S/c24-20-7-3-1-5-17(20)15-29(18-9-10-18)22(30)16-11-13-28(14-12-16)33(31,32)21-8-4-2-6-19(21)23(25,26)27/h1-8,16,18H,9-15H2. The number of halogens is 4. The number of hydrogen-bond acceptors (Lipinski definition) is 3. The lowest BCUT2D eigenvalue weighted by molar-refractivity contribution is -0.140. The summed E-state index contributed by atoms with van der Waals surface area (Å²) in [5, 5.41) is 0. The van der Waals surface area contributed by atoms with Crippen LogP contribution in [0.2, 0.25) is 0 Å². The fourth-order valence-corrected chi connectivity index (χ4v) is 5.91. The molecule has 1 amide bonds. The van der Waals surface area contributed by atoms with Crippen molar-refractivity contribution in [3.05, 3.63) is 65.5 Å². The van der Waals surface area contributed by atoms with E-state index >= 15 is 0 Å². The topological polar surface area (TPSA) is 57.7 Å². The lowest BCUT2D eigenvalue weighted by atomic mass is 9.96. The SMILES string of the molecule is O=C(C1CCN(S(=O)(=O)c2ccccc2C(F)(F)F)CC1)N(Cc1ccccc1F)C1CC1. The van der Waals surface area contributed by atoms with E-state index in [0.29, 0.717) is 5.56 Å². The molecular weight excluding hydrogens is 460 g/mol. The van der Waals surface area contributed by atoms with Crippen molar-refractivity contribution in [1.82, 2.24) is 9.21 Å². The zero-order valence-corrected chi connectivity index (χ0v) is 18.6. The number of carbonyl (C=O) groups is 1. The van der Waals surface area contributed by atoms with Gasteiger partial charge >= 0.3 is 6.18 Å². The average Bonchev–Trinajstić information content (AvgIpc) is 3.63. The largest absolute Gasteiger partial charge is 0.417 e. The van der Waals surface area contributed by atoms with E-state index in [4.69, 9.17) is 0 Å². The van der Waals surface area contributed by atoms with Crippen LogP contribution < -0.4 is 0 Å². The Morgan fingerprint density at radius 1 is 0.970 bits per heavy atom. The van der Waals surface area contributed by atoms with Gasteiger partial charge in [-0.05, 0) is 43.9 Å². The Labute approximate surface area is 190 Å². The van der Waals surface area contributed by atoms with E-state index in [1.165, 1.54) is 12.1 Å². The number of carbonyl (C=O) groups excluding carboxylic acids is 1. The molecule has 0 N–H and O–H groups in total. The van der Waals surface area contributed by atoms with E-state index in [1.54, 1.807) is 23.1 Å². The zero-order chi connectivity index (χ0) is 23.8. The summed E-state index contributed by atoms with van der Waals surface area (Å²) < 4.78 is 81.0. The van der Waals surface area contributed by atoms with E-state index in [-0.39, 0.29) is 50.2 Å². The monoisotopic (exact) mass is 484 g/mol. The van der Waals surface area contributed by atoms with Crippen molar-refractivity contribution in [2.75, 3.05) is 13.1 Å². The van der Waals surface area contributed by atoms with Gasteiger partial charge in [-0.25, -0.2) is 12.8 Å². The summed E-state index contributed by atoms with van der Waals surface area (Å²) in [5.74, 6) is -1.00. The number of sulfonamides is 1. The van der Waals surface area contributed by atoms with Crippen molar-refractivity contribution < 1.29 is 30.8 Å². The second kappa shape index (κ2) is 9.06. The van der Waals surface area contributed by atoms with Crippen LogP contribution in [0.15, 0.2) is 53.4 Å². The molecule has 1 aliphatic heterocycles. The molecule has 2 fully saturated rings. The predicted octanol–water partition coefficient (Wildman–Crippen LogP) is 4.44. The van der Waals surface area contributed by atoms with E-state index in [1.807, 2.05) is 0 Å². The van der Waals surface area contributed by atoms with E-state index in [9.17, 15) is 30.8 Å². The van der Waals surface area contributed by atoms with Crippen molar-refractivity contribution in [3.63, 3.8) is 0 Å². The molecule has 178 valence electrons. The Morgan fingerprint density at radius 3 is 2.18 bits per heavy atom. The summed E-state index contributed by atoms with van der Waals surface area (Å²) in [6.45, 7) is 0.0416. The number of alkyl halides is 3. The molecule has 2 aromatic rings. The van der Waals surface area contributed by atoms with Crippen LogP contribution in [0.5, 0.6) is 0 Å². The molecule has 0 atom stereocenters. The molecule has 1 aliphatic carbocycles. The van der Waals surface area contributed by atoms with Gasteiger partial charge < -0.3 is 4.90 Å². The van der Waals surface area contributed by atoms with Gasteiger partial charge in [0, 0.05) is 37.2 Å². The van der Waals surface area contributed by atoms with Gasteiger partial charge in [0.1, 0.15) is 5.82 Å². The first kappa shape index (κ1) is 23.7. The minimum atomic E-state index is -4.80. The second-order valence-electron chi connectivity index (χ2n) is 8.46. The molecule has 0 spiro atoms. The molecule has 0 bridgehead atoms. The van der Waals surface area contributed by atoms with E-state index < -0.39 is 32.6 Å². The summed E-state index contributed by atoms with van der Waals surface area (Å²) in [5.41, 5.74) is -0.783. The molecule has 2 aliphatic rings. The molecule has 0 radical (unpaired) electrons. The predicted molar refractivity (Wildman–Crippen MR) is 113 cm³/mol. The molecule has 0 unspecified atom stereocenters. The maximum Gasteiger partial charge on any atom is 0.417 e. The van der Waals surface area contributed by atoms with Crippen molar-refractivity contribution in [2.45, 2.75) is 49.3 Å². The van der Waals surface area contributed by atoms with Gasteiger partial charge in [-0.15, -0.1) is 0 Å².